The molecule has 0 saturated carbocycles. The minimum atomic E-state index is -0.228. The molecule has 4 rings (SSSR count). The number of aromatic amines is 1. The standard InChI is InChI=1S/C18H21N7O2/c1-13-21-22-18(26)25(13)15-5-3-14(4-6-15)23-7-9-24(10-8-23)17-19-11-16(27-2)12-20-17/h3-6,11-12H,7-10H2,1-2H3,(H,22,26). The average molecular weight is 367 g/mol. The fourth-order valence-electron chi connectivity index (χ4n) is 3.24. The Morgan fingerprint density at radius 2 is 1.56 bits per heavy atom. The first-order valence-corrected chi connectivity index (χ1v) is 8.76. The largest absolute Gasteiger partial charge is 0.494 e. The summed E-state index contributed by atoms with van der Waals surface area (Å²) in [5.41, 5.74) is 1.71. The molecule has 1 aliphatic rings. The maximum atomic E-state index is 11.8. The number of piperazine rings is 1. The summed E-state index contributed by atoms with van der Waals surface area (Å²) in [7, 11) is 1.60. The number of nitrogens with zero attached hydrogens (tertiary/aromatic N) is 6. The van der Waals surface area contributed by atoms with Gasteiger partial charge in [0.25, 0.3) is 0 Å². The summed E-state index contributed by atoms with van der Waals surface area (Å²) in [5, 5.41) is 6.41. The second kappa shape index (κ2) is 7.10. The molecule has 1 N–H and O–H groups in total. The molecule has 0 atom stereocenters. The van der Waals surface area contributed by atoms with E-state index in [0.29, 0.717) is 11.6 Å². The zero-order valence-corrected chi connectivity index (χ0v) is 15.3. The highest BCUT2D eigenvalue weighted by Gasteiger charge is 2.19. The maximum absolute atomic E-state index is 11.8. The van der Waals surface area contributed by atoms with Crippen LogP contribution in [-0.4, -0.2) is 58.0 Å². The first-order chi connectivity index (χ1) is 13.2. The van der Waals surface area contributed by atoms with Gasteiger partial charge in [-0.1, -0.05) is 0 Å². The lowest BCUT2D eigenvalue weighted by molar-refractivity contribution is 0.410. The van der Waals surface area contributed by atoms with Crippen molar-refractivity contribution in [3.05, 3.63) is 53.0 Å². The van der Waals surface area contributed by atoms with Crippen molar-refractivity contribution in [2.24, 2.45) is 0 Å². The first kappa shape index (κ1) is 17.1. The number of rotatable bonds is 4. The second-order valence-corrected chi connectivity index (χ2v) is 6.32. The summed E-state index contributed by atoms with van der Waals surface area (Å²) >= 11 is 0. The van der Waals surface area contributed by atoms with Crippen molar-refractivity contribution in [1.29, 1.82) is 0 Å². The van der Waals surface area contributed by atoms with Gasteiger partial charge in [-0.05, 0) is 31.2 Å². The number of ether oxygens (including phenoxy) is 1. The van der Waals surface area contributed by atoms with Crippen LogP contribution < -0.4 is 20.2 Å². The van der Waals surface area contributed by atoms with E-state index in [1.807, 2.05) is 24.3 Å². The van der Waals surface area contributed by atoms with Gasteiger partial charge in [-0.3, -0.25) is 0 Å². The number of hydrogen-bond donors (Lipinski definition) is 1. The molecule has 3 aromatic rings. The molecule has 2 aromatic heterocycles. The Morgan fingerprint density at radius 1 is 0.963 bits per heavy atom. The number of anilines is 2. The zero-order valence-electron chi connectivity index (χ0n) is 15.3. The third kappa shape index (κ3) is 3.35. The Hall–Kier alpha value is -3.36. The first-order valence-electron chi connectivity index (χ1n) is 8.76. The van der Waals surface area contributed by atoms with Gasteiger partial charge in [-0.25, -0.2) is 24.4 Å². The molecule has 27 heavy (non-hydrogen) atoms. The Morgan fingerprint density at radius 3 is 2.11 bits per heavy atom. The molecule has 9 nitrogen and oxygen atoms in total. The molecule has 0 bridgehead atoms. The highest BCUT2D eigenvalue weighted by Crippen LogP contribution is 2.20. The fourth-order valence-corrected chi connectivity index (χ4v) is 3.24. The van der Waals surface area contributed by atoms with Crippen molar-refractivity contribution >= 4 is 11.6 Å². The van der Waals surface area contributed by atoms with Crippen molar-refractivity contribution in [1.82, 2.24) is 24.7 Å². The Labute approximate surface area is 156 Å². The van der Waals surface area contributed by atoms with E-state index in [9.17, 15) is 4.79 Å². The highest BCUT2D eigenvalue weighted by atomic mass is 16.5. The van der Waals surface area contributed by atoms with Crippen LogP contribution in [0.2, 0.25) is 0 Å². The summed E-state index contributed by atoms with van der Waals surface area (Å²) in [6.07, 6.45) is 3.38. The lowest BCUT2D eigenvalue weighted by atomic mass is 10.2. The molecular formula is C18H21N7O2. The van der Waals surface area contributed by atoms with Gasteiger partial charge in [0.05, 0.1) is 25.2 Å². The van der Waals surface area contributed by atoms with Gasteiger partial charge in [-0.2, -0.15) is 5.10 Å². The Bertz CT molecular complexity index is 955. The molecule has 0 aliphatic carbocycles. The lowest BCUT2D eigenvalue weighted by Crippen LogP contribution is -2.47. The molecule has 9 heteroatoms. The summed E-state index contributed by atoms with van der Waals surface area (Å²) in [4.78, 5) is 25.0. The molecule has 0 unspecified atom stereocenters. The van der Waals surface area contributed by atoms with E-state index in [4.69, 9.17) is 4.74 Å². The molecule has 1 aliphatic heterocycles. The Balaban J connectivity index is 1.43. The molecule has 1 fully saturated rings. The maximum Gasteiger partial charge on any atom is 0.347 e. The van der Waals surface area contributed by atoms with Crippen LogP contribution in [0.15, 0.2) is 41.5 Å². The third-order valence-corrected chi connectivity index (χ3v) is 4.73. The summed E-state index contributed by atoms with van der Waals surface area (Å²) in [5.74, 6) is 2.02. The van der Waals surface area contributed by atoms with Gasteiger partial charge in [-0.15, -0.1) is 0 Å². The number of benzene rings is 1. The van der Waals surface area contributed by atoms with Crippen LogP contribution in [0.4, 0.5) is 11.6 Å². The predicted octanol–water partition coefficient (Wildman–Crippen LogP) is 0.994. The average Bonchev–Trinajstić information content (AvgIpc) is 3.06. The van der Waals surface area contributed by atoms with Crippen molar-refractivity contribution in [3.63, 3.8) is 0 Å². The molecular weight excluding hydrogens is 346 g/mol. The van der Waals surface area contributed by atoms with E-state index in [1.165, 1.54) is 0 Å². The number of methoxy groups -OCH3 is 1. The monoisotopic (exact) mass is 367 g/mol. The van der Waals surface area contributed by atoms with Gasteiger partial charge >= 0.3 is 5.69 Å². The third-order valence-electron chi connectivity index (χ3n) is 4.73. The summed E-state index contributed by atoms with van der Waals surface area (Å²) in [6.45, 7) is 5.23. The zero-order chi connectivity index (χ0) is 18.8. The van der Waals surface area contributed by atoms with Crippen LogP contribution in [0.5, 0.6) is 5.75 Å². The predicted molar refractivity (Wildman–Crippen MR) is 102 cm³/mol. The quantitative estimate of drug-likeness (QED) is 0.735. The minimum Gasteiger partial charge on any atom is -0.494 e. The SMILES string of the molecule is COc1cnc(N2CCN(c3ccc(-n4c(C)n[nH]c4=O)cc3)CC2)nc1. The number of hydrogen-bond acceptors (Lipinski definition) is 7. The van der Waals surface area contributed by atoms with E-state index in [0.717, 1.165) is 43.5 Å². The number of aromatic nitrogens is 5. The fraction of sp³-hybridized carbons (Fsp3) is 0.333. The van der Waals surface area contributed by atoms with Gasteiger partial charge in [0.2, 0.25) is 5.95 Å². The van der Waals surface area contributed by atoms with Crippen molar-refractivity contribution < 1.29 is 4.74 Å². The molecule has 1 aromatic carbocycles. The van der Waals surface area contributed by atoms with Crippen LogP contribution in [-0.2, 0) is 0 Å². The lowest BCUT2D eigenvalue weighted by Gasteiger charge is -2.36. The number of H-pyrrole nitrogens is 1. The van der Waals surface area contributed by atoms with E-state index in [1.54, 1.807) is 31.0 Å². The van der Waals surface area contributed by atoms with Gasteiger partial charge in [0.15, 0.2) is 5.75 Å². The van der Waals surface area contributed by atoms with Crippen molar-refractivity contribution in [2.45, 2.75) is 6.92 Å². The second-order valence-electron chi connectivity index (χ2n) is 6.32. The van der Waals surface area contributed by atoms with Gasteiger partial charge in [0, 0.05) is 31.9 Å². The van der Waals surface area contributed by atoms with E-state index in [2.05, 4.69) is 30.0 Å². The number of nitrogens with one attached hydrogen (secondary N) is 1. The van der Waals surface area contributed by atoms with E-state index >= 15 is 0 Å². The topological polar surface area (TPSA) is 92.2 Å². The minimum absolute atomic E-state index is 0.228. The van der Waals surface area contributed by atoms with Gasteiger partial charge in [0.1, 0.15) is 5.82 Å². The van der Waals surface area contributed by atoms with Crippen LogP contribution in [0.25, 0.3) is 5.69 Å². The molecule has 0 radical (unpaired) electrons. The highest BCUT2D eigenvalue weighted by molar-refractivity contribution is 5.52. The molecule has 1 saturated heterocycles. The summed E-state index contributed by atoms with van der Waals surface area (Å²) < 4.78 is 6.66. The molecule has 0 spiro atoms. The Kier molecular flexibility index (Phi) is 4.49. The van der Waals surface area contributed by atoms with Crippen molar-refractivity contribution in [2.75, 3.05) is 43.1 Å². The van der Waals surface area contributed by atoms with Gasteiger partial charge < -0.3 is 14.5 Å². The van der Waals surface area contributed by atoms with Crippen molar-refractivity contribution in [3.8, 4) is 11.4 Å². The smallest absolute Gasteiger partial charge is 0.347 e. The van der Waals surface area contributed by atoms with Crippen LogP contribution in [0, 0.1) is 6.92 Å². The summed E-state index contributed by atoms with van der Waals surface area (Å²) in [6, 6.07) is 7.96. The normalized spacial score (nSPS) is 14.4. The van der Waals surface area contributed by atoms with Crippen LogP contribution in [0.1, 0.15) is 5.82 Å². The molecule has 0 amide bonds. The van der Waals surface area contributed by atoms with E-state index < -0.39 is 0 Å². The van der Waals surface area contributed by atoms with Crippen LogP contribution >= 0.6 is 0 Å². The number of aryl methyl sites for hydroxylation is 1. The van der Waals surface area contributed by atoms with E-state index in [-0.39, 0.29) is 5.69 Å². The van der Waals surface area contributed by atoms with Crippen LogP contribution in [0.3, 0.4) is 0 Å². The molecule has 3 heterocycles. The molecule has 140 valence electrons.